The van der Waals surface area contributed by atoms with Crippen molar-refractivity contribution in [2.45, 2.75) is 37.8 Å². The molecule has 0 spiro atoms. The molecule has 3 N–H and O–H groups in total. The highest BCUT2D eigenvalue weighted by Crippen LogP contribution is 2.36. The van der Waals surface area contributed by atoms with Gasteiger partial charge in [0.1, 0.15) is 29.3 Å². The normalized spacial score (nSPS) is 19.9. The van der Waals surface area contributed by atoms with Crippen LogP contribution in [0.5, 0.6) is 11.5 Å². The van der Waals surface area contributed by atoms with Crippen LogP contribution in [0.25, 0.3) is 22.3 Å². The Morgan fingerprint density at radius 3 is 2.49 bits per heavy atom. The highest BCUT2D eigenvalue weighted by molar-refractivity contribution is 5.98. The minimum atomic E-state index is -0.0336. The van der Waals surface area contributed by atoms with Crippen molar-refractivity contribution in [1.29, 1.82) is 0 Å². The van der Waals surface area contributed by atoms with Crippen molar-refractivity contribution in [2.24, 2.45) is 0 Å². The van der Waals surface area contributed by atoms with E-state index in [4.69, 9.17) is 20.3 Å². The van der Waals surface area contributed by atoms with Crippen molar-refractivity contribution in [3.63, 3.8) is 0 Å². The highest BCUT2D eigenvalue weighted by Gasteiger charge is 2.27. The Kier molecular flexibility index (Phi) is 8.20. The van der Waals surface area contributed by atoms with Gasteiger partial charge in [0, 0.05) is 37.3 Å². The van der Waals surface area contributed by atoms with Gasteiger partial charge in [-0.05, 0) is 62.1 Å². The fourth-order valence-electron chi connectivity index (χ4n) is 5.56. The minimum Gasteiger partial charge on any atom is -0.457 e. The highest BCUT2D eigenvalue weighted by atomic mass is 16.5. The molecule has 10 heteroatoms. The van der Waals surface area contributed by atoms with E-state index in [1.165, 1.54) is 6.33 Å². The number of nitrogens with two attached hydrogens (primary N) is 1. The molecule has 10 nitrogen and oxygen atoms in total. The Morgan fingerprint density at radius 1 is 1.00 bits per heavy atom. The number of amides is 1. The summed E-state index contributed by atoms with van der Waals surface area (Å²) in [6.07, 6.45) is 8.59. The van der Waals surface area contributed by atoms with E-state index in [0.29, 0.717) is 5.82 Å². The van der Waals surface area contributed by atoms with Crippen LogP contribution in [-0.4, -0.2) is 69.4 Å². The average molecular weight is 554 g/mol. The molecule has 2 fully saturated rings. The van der Waals surface area contributed by atoms with Gasteiger partial charge in [0.25, 0.3) is 0 Å². The molecule has 1 saturated heterocycles. The summed E-state index contributed by atoms with van der Waals surface area (Å²) in [5.41, 5.74) is 8.75. The molecule has 3 heterocycles. The van der Waals surface area contributed by atoms with E-state index < -0.39 is 0 Å². The molecule has 6 rings (SSSR count). The molecule has 0 bridgehead atoms. The SMILES string of the molecule is Nc1ncnc2c1c(-c1ccc(Oc3ccccc3)cc1)nn2C1CCC(NC(=O)C=CCN2CCOCC2)CC1. The summed E-state index contributed by atoms with van der Waals surface area (Å²) in [6.45, 7) is 4.09. The molecule has 1 amide bonds. The lowest BCUT2D eigenvalue weighted by molar-refractivity contribution is -0.117. The third-order valence-corrected chi connectivity index (χ3v) is 7.75. The van der Waals surface area contributed by atoms with Crippen LogP contribution in [0.15, 0.2) is 73.1 Å². The van der Waals surface area contributed by atoms with Crippen LogP contribution >= 0.6 is 0 Å². The zero-order chi connectivity index (χ0) is 28.0. The number of hydrogen-bond donors (Lipinski definition) is 2. The van der Waals surface area contributed by atoms with E-state index in [0.717, 1.165) is 92.3 Å². The number of morpholine rings is 1. The van der Waals surface area contributed by atoms with Crippen molar-refractivity contribution >= 4 is 22.8 Å². The van der Waals surface area contributed by atoms with Crippen molar-refractivity contribution < 1.29 is 14.3 Å². The number of nitrogen functional groups attached to an aromatic ring is 1. The number of ether oxygens (including phenoxy) is 2. The molecular formula is C31H35N7O3. The summed E-state index contributed by atoms with van der Waals surface area (Å²) >= 11 is 0. The smallest absolute Gasteiger partial charge is 0.243 e. The Bertz CT molecular complexity index is 1490. The molecule has 0 atom stereocenters. The number of para-hydroxylation sites is 1. The number of nitrogens with one attached hydrogen (secondary N) is 1. The van der Waals surface area contributed by atoms with E-state index in [2.05, 4.69) is 20.2 Å². The molecule has 2 aliphatic rings. The lowest BCUT2D eigenvalue weighted by atomic mass is 9.91. The van der Waals surface area contributed by atoms with Crippen LogP contribution in [0, 0.1) is 0 Å². The summed E-state index contributed by atoms with van der Waals surface area (Å²) in [5.74, 6) is 1.90. The summed E-state index contributed by atoms with van der Waals surface area (Å²) in [5, 5.41) is 8.94. The number of nitrogens with zero attached hydrogens (tertiary/aromatic N) is 5. The predicted molar refractivity (Wildman–Crippen MR) is 158 cm³/mol. The standard InChI is InChI=1S/C31H35N7O3/c32-30-28-29(22-8-14-26(15-9-22)41-25-5-2-1-3-6-25)36-38(31(28)34-21-33-30)24-12-10-23(11-13-24)35-27(39)7-4-16-37-17-19-40-20-18-37/h1-9,14-15,21,23-24H,10-13,16-20H2,(H,35,39)(H2,32,33,34). The van der Waals surface area contributed by atoms with Gasteiger partial charge in [-0.25, -0.2) is 14.6 Å². The van der Waals surface area contributed by atoms with Gasteiger partial charge in [0.15, 0.2) is 5.65 Å². The number of anilines is 1. The summed E-state index contributed by atoms with van der Waals surface area (Å²) in [7, 11) is 0. The fourth-order valence-corrected chi connectivity index (χ4v) is 5.56. The molecule has 1 aliphatic heterocycles. The number of benzene rings is 2. The number of fused-ring (bicyclic) bond motifs is 1. The zero-order valence-electron chi connectivity index (χ0n) is 23.0. The van der Waals surface area contributed by atoms with Crippen molar-refractivity contribution in [2.75, 3.05) is 38.6 Å². The quantitative estimate of drug-likeness (QED) is 0.309. The van der Waals surface area contributed by atoms with Gasteiger partial charge in [-0.3, -0.25) is 9.69 Å². The maximum atomic E-state index is 12.5. The maximum Gasteiger partial charge on any atom is 0.243 e. The Balaban J connectivity index is 1.11. The summed E-state index contributed by atoms with van der Waals surface area (Å²) < 4.78 is 13.3. The van der Waals surface area contributed by atoms with Gasteiger partial charge in [0.2, 0.25) is 5.91 Å². The molecule has 0 unspecified atom stereocenters. The first kappa shape index (κ1) is 26.9. The first-order valence-electron chi connectivity index (χ1n) is 14.2. The number of hydrogen-bond acceptors (Lipinski definition) is 8. The van der Waals surface area contributed by atoms with Crippen LogP contribution in [0.4, 0.5) is 5.82 Å². The van der Waals surface area contributed by atoms with Crippen LogP contribution in [0.2, 0.25) is 0 Å². The first-order valence-corrected chi connectivity index (χ1v) is 14.2. The van der Waals surface area contributed by atoms with E-state index >= 15 is 0 Å². The molecule has 1 aliphatic carbocycles. The largest absolute Gasteiger partial charge is 0.457 e. The molecule has 212 valence electrons. The maximum absolute atomic E-state index is 12.5. The second-order valence-electron chi connectivity index (χ2n) is 10.5. The number of aromatic nitrogens is 4. The van der Waals surface area contributed by atoms with Crippen LogP contribution in [0.1, 0.15) is 31.7 Å². The minimum absolute atomic E-state index is 0.0336. The zero-order valence-corrected chi connectivity index (χ0v) is 23.0. The molecular weight excluding hydrogens is 518 g/mol. The molecule has 41 heavy (non-hydrogen) atoms. The van der Waals surface area contributed by atoms with E-state index in [-0.39, 0.29) is 18.0 Å². The second-order valence-corrected chi connectivity index (χ2v) is 10.5. The van der Waals surface area contributed by atoms with E-state index in [1.54, 1.807) is 6.08 Å². The molecule has 2 aromatic heterocycles. The van der Waals surface area contributed by atoms with Crippen molar-refractivity contribution in [3.05, 3.63) is 73.1 Å². The molecule has 1 saturated carbocycles. The first-order chi connectivity index (χ1) is 20.1. The van der Waals surface area contributed by atoms with E-state index in [1.807, 2.05) is 65.4 Å². The Hall–Kier alpha value is -4.28. The van der Waals surface area contributed by atoms with Crippen molar-refractivity contribution in [3.8, 4) is 22.8 Å². The van der Waals surface area contributed by atoms with Gasteiger partial charge in [-0.1, -0.05) is 24.3 Å². The van der Waals surface area contributed by atoms with Crippen LogP contribution < -0.4 is 15.8 Å². The van der Waals surface area contributed by atoms with Gasteiger partial charge in [-0.15, -0.1) is 0 Å². The lowest BCUT2D eigenvalue weighted by Crippen LogP contribution is -2.38. The summed E-state index contributed by atoms with van der Waals surface area (Å²) in [6, 6.07) is 17.8. The topological polar surface area (TPSA) is 120 Å². The monoisotopic (exact) mass is 553 g/mol. The van der Waals surface area contributed by atoms with Gasteiger partial charge >= 0.3 is 0 Å². The Morgan fingerprint density at radius 2 is 1.73 bits per heavy atom. The lowest BCUT2D eigenvalue weighted by Gasteiger charge is -2.29. The fraction of sp³-hybridized carbons (Fsp3) is 0.355. The van der Waals surface area contributed by atoms with E-state index in [9.17, 15) is 4.79 Å². The van der Waals surface area contributed by atoms with Crippen LogP contribution in [0.3, 0.4) is 0 Å². The van der Waals surface area contributed by atoms with Gasteiger partial charge in [-0.2, -0.15) is 5.10 Å². The predicted octanol–water partition coefficient (Wildman–Crippen LogP) is 4.36. The Labute approximate surface area is 239 Å². The number of carbonyl (C=O) groups excluding carboxylic acids is 1. The molecule has 0 radical (unpaired) electrons. The summed E-state index contributed by atoms with van der Waals surface area (Å²) in [4.78, 5) is 23.6. The number of carbonyl (C=O) groups is 1. The van der Waals surface area contributed by atoms with Gasteiger partial charge < -0.3 is 20.5 Å². The van der Waals surface area contributed by atoms with Gasteiger partial charge in [0.05, 0.1) is 24.6 Å². The molecule has 4 aromatic rings. The van der Waals surface area contributed by atoms with Crippen molar-refractivity contribution in [1.82, 2.24) is 30.0 Å². The second kappa shape index (κ2) is 12.5. The third kappa shape index (κ3) is 6.39. The number of rotatable bonds is 8. The third-order valence-electron chi connectivity index (χ3n) is 7.75. The van der Waals surface area contributed by atoms with Crippen LogP contribution in [-0.2, 0) is 9.53 Å². The molecule has 2 aromatic carbocycles. The average Bonchev–Trinajstić information content (AvgIpc) is 3.40.